The Morgan fingerprint density at radius 2 is 1.67 bits per heavy atom. The highest BCUT2D eigenvalue weighted by molar-refractivity contribution is 5.49. The number of rotatable bonds is 5. The van der Waals surface area contributed by atoms with E-state index in [1.54, 1.807) is 24.3 Å². The van der Waals surface area contributed by atoms with Crippen molar-refractivity contribution in [3.05, 3.63) is 61.2 Å². The van der Waals surface area contributed by atoms with Gasteiger partial charge >= 0.3 is 0 Å². The minimum Gasteiger partial charge on any atom is -0.508 e. The van der Waals surface area contributed by atoms with Gasteiger partial charge in [-0.3, -0.25) is 0 Å². The first-order valence-corrected chi connectivity index (χ1v) is 7.01. The second-order valence-electron chi connectivity index (χ2n) is 5.22. The van der Waals surface area contributed by atoms with E-state index in [1.165, 1.54) is 0 Å². The maximum absolute atomic E-state index is 9.90. The minimum absolute atomic E-state index is 0.0222. The van der Waals surface area contributed by atoms with Gasteiger partial charge in [0.25, 0.3) is 0 Å². The predicted octanol–water partition coefficient (Wildman–Crippen LogP) is 4.60. The highest BCUT2D eigenvalue weighted by Crippen LogP contribution is 2.45. The zero-order valence-corrected chi connectivity index (χ0v) is 12.7. The van der Waals surface area contributed by atoms with E-state index < -0.39 is 0 Å². The number of aromatic hydroxyl groups is 2. The molecule has 114 valence electrons. The molecule has 0 amide bonds. The number of phenolic OH excluding ortho intramolecular Hbond substituents is 2. The predicted molar refractivity (Wildman–Crippen MR) is 86.7 cm³/mol. The van der Waals surface area contributed by atoms with Crippen molar-refractivity contribution < 1.29 is 14.9 Å². The van der Waals surface area contributed by atoms with Crippen LogP contribution in [0.2, 0.25) is 0 Å². The van der Waals surface area contributed by atoms with E-state index in [2.05, 4.69) is 19.7 Å². The molecule has 3 heteroatoms. The number of epoxide rings is 1. The Morgan fingerprint density at radius 1 is 1.14 bits per heavy atom. The zero-order valence-electron chi connectivity index (χ0n) is 12.7. The van der Waals surface area contributed by atoms with E-state index in [1.807, 2.05) is 19.9 Å². The molecule has 0 bridgehead atoms. The van der Waals surface area contributed by atoms with E-state index in [0.717, 1.165) is 12.0 Å². The second kappa shape index (κ2) is 7.70. The van der Waals surface area contributed by atoms with Gasteiger partial charge in [-0.15, -0.1) is 6.58 Å². The van der Waals surface area contributed by atoms with E-state index in [0.29, 0.717) is 5.56 Å². The summed E-state index contributed by atoms with van der Waals surface area (Å²) in [5, 5.41) is 19.8. The van der Waals surface area contributed by atoms with Crippen LogP contribution in [0.15, 0.2) is 50.1 Å². The van der Waals surface area contributed by atoms with Gasteiger partial charge in [0, 0.05) is 5.56 Å². The van der Waals surface area contributed by atoms with Crippen molar-refractivity contribution >= 4 is 0 Å². The lowest BCUT2D eigenvalue weighted by Gasteiger charge is -2.12. The van der Waals surface area contributed by atoms with Gasteiger partial charge in [0.2, 0.25) is 0 Å². The molecule has 2 N–H and O–H groups in total. The zero-order chi connectivity index (χ0) is 16.0. The van der Waals surface area contributed by atoms with Crippen LogP contribution in [0.1, 0.15) is 43.4 Å². The average molecular weight is 288 g/mol. The highest BCUT2D eigenvalue weighted by Gasteiger charge is 2.39. The van der Waals surface area contributed by atoms with Crippen LogP contribution in [-0.2, 0) is 4.74 Å². The first-order valence-electron chi connectivity index (χ1n) is 7.01. The molecule has 1 aromatic carbocycles. The maximum atomic E-state index is 9.90. The van der Waals surface area contributed by atoms with Gasteiger partial charge in [-0.2, -0.15) is 0 Å². The summed E-state index contributed by atoms with van der Waals surface area (Å²) in [5.41, 5.74) is 1.42. The van der Waals surface area contributed by atoms with Gasteiger partial charge in [-0.1, -0.05) is 45.2 Å². The first kappa shape index (κ1) is 17.1. The van der Waals surface area contributed by atoms with Crippen LogP contribution < -0.4 is 0 Å². The molecule has 1 aliphatic heterocycles. The van der Waals surface area contributed by atoms with Crippen LogP contribution in [0, 0.1) is 0 Å². The first-order chi connectivity index (χ1) is 9.96. The van der Waals surface area contributed by atoms with Gasteiger partial charge in [0.15, 0.2) is 0 Å². The third-order valence-electron chi connectivity index (χ3n) is 3.21. The van der Waals surface area contributed by atoms with Crippen LogP contribution in [0.3, 0.4) is 0 Å². The van der Waals surface area contributed by atoms with Crippen LogP contribution >= 0.6 is 0 Å². The van der Waals surface area contributed by atoms with Gasteiger partial charge in [0.05, 0.1) is 6.10 Å². The highest BCUT2D eigenvalue weighted by atomic mass is 16.6. The molecule has 0 spiro atoms. The summed E-state index contributed by atoms with van der Waals surface area (Å²) in [6, 6.07) is 3.37. The Morgan fingerprint density at radius 3 is 2.05 bits per heavy atom. The second-order valence-corrected chi connectivity index (χ2v) is 5.22. The Bertz CT molecular complexity index is 488. The van der Waals surface area contributed by atoms with Gasteiger partial charge in [-0.05, 0) is 30.0 Å². The molecule has 0 aliphatic carbocycles. The number of ether oxygens (including phenoxy) is 1. The van der Waals surface area contributed by atoms with Gasteiger partial charge < -0.3 is 14.9 Å². The van der Waals surface area contributed by atoms with E-state index in [4.69, 9.17) is 4.74 Å². The lowest BCUT2D eigenvalue weighted by Crippen LogP contribution is -1.93. The average Bonchev–Trinajstić information content (AvgIpc) is 3.17. The SMILES string of the molecule is C=CC=C.C=CCC1OC1c1cc(O)c(C(C)C)c(O)c1. The third kappa shape index (κ3) is 4.50. The standard InChI is InChI=1S/C14H18O3.C4H6/c1-4-5-12-14(17-12)9-6-10(15)13(8(2)3)11(16)7-9;1-3-4-2/h4,6-8,12,14-16H,1,5H2,2-3H3;3-4H,1-2H2. The van der Waals surface area contributed by atoms with E-state index in [9.17, 15) is 10.2 Å². The van der Waals surface area contributed by atoms with Crippen LogP contribution in [-0.4, -0.2) is 16.3 Å². The van der Waals surface area contributed by atoms with Crippen molar-refractivity contribution in [2.75, 3.05) is 0 Å². The minimum atomic E-state index is -0.0222. The molecule has 1 aliphatic rings. The Balaban J connectivity index is 0.000000491. The van der Waals surface area contributed by atoms with Crippen molar-refractivity contribution in [2.45, 2.75) is 38.4 Å². The van der Waals surface area contributed by atoms with E-state index in [-0.39, 0.29) is 29.6 Å². The summed E-state index contributed by atoms with van der Waals surface area (Å²) in [7, 11) is 0. The third-order valence-corrected chi connectivity index (χ3v) is 3.21. The monoisotopic (exact) mass is 288 g/mol. The fraction of sp³-hybridized carbons (Fsp3) is 0.333. The van der Waals surface area contributed by atoms with Crippen molar-refractivity contribution in [3.8, 4) is 11.5 Å². The summed E-state index contributed by atoms with van der Waals surface area (Å²) in [6.45, 7) is 14.3. The van der Waals surface area contributed by atoms with Gasteiger partial charge in [0.1, 0.15) is 17.6 Å². The molecule has 21 heavy (non-hydrogen) atoms. The molecule has 0 saturated carbocycles. The summed E-state index contributed by atoms with van der Waals surface area (Å²) in [6.07, 6.45) is 5.99. The maximum Gasteiger partial charge on any atom is 0.123 e. The molecule has 0 radical (unpaired) electrons. The molecule has 2 rings (SSSR count). The number of hydrogen-bond donors (Lipinski definition) is 2. The molecule has 1 fully saturated rings. The molecule has 2 atom stereocenters. The molecule has 2 unspecified atom stereocenters. The summed E-state index contributed by atoms with van der Waals surface area (Å²) in [5.74, 6) is 0.374. The Hall–Kier alpha value is -2.00. The number of phenols is 2. The number of benzene rings is 1. The van der Waals surface area contributed by atoms with Crippen molar-refractivity contribution in [2.24, 2.45) is 0 Å². The topological polar surface area (TPSA) is 53.0 Å². The molecule has 1 saturated heterocycles. The lowest BCUT2D eigenvalue weighted by atomic mass is 9.97. The van der Waals surface area contributed by atoms with Crippen LogP contribution in [0.4, 0.5) is 0 Å². The molecule has 0 aromatic heterocycles. The largest absolute Gasteiger partial charge is 0.508 e. The number of allylic oxidation sites excluding steroid dienone is 2. The van der Waals surface area contributed by atoms with Crippen molar-refractivity contribution in [1.82, 2.24) is 0 Å². The van der Waals surface area contributed by atoms with Gasteiger partial charge in [-0.25, -0.2) is 0 Å². The van der Waals surface area contributed by atoms with Crippen LogP contribution in [0.25, 0.3) is 0 Å². The Kier molecular flexibility index (Phi) is 6.25. The number of hydrogen-bond acceptors (Lipinski definition) is 3. The lowest BCUT2D eigenvalue weighted by molar-refractivity contribution is 0.372. The fourth-order valence-electron chi connectivity index (χ4n) is 2.18. The molecule has 3 nitrogen and oxygen atoms in total. The summed E-state index contributed by atoms with van der Waals surface area (Å²) in [4.78, 5) is 0. The van der Waals surface area contributed by atoms with E-state index >= 15 is 0 Å². The summed E-state index contributed by atoms with van der Waals surface area (Å²) >= 11 is 0. The van der Waals surface area contributed by atoms with Crippen molar-refractivity contribution in [3.63, 3.8) is 0 Å². The van der Waals surface area contributed by atoms with Crippen LogP contribution in [0.5, 0.6) is 11.5 Å². The molecule has 1 heterocycles. The fourth-order valence-corrected chi connectivity index (χ4v) is 2.18. The Labute approximate surface area is 126 Å². The molecule has 1 aromatic rings. The quantitative estimate of drug-likeness (QED) is 0.473. The van der Waals surface area contributed by atoms with Crippen molar-refractivity contribution in [1.29, 1.82) is 0 Å². The summed E-state index contributed by atoms with van der Waals surface area (Å²) < 4.78 is 5.46. The molecular formula is C18H24O3. The normalized spacial score (nSPS) is 19.4. The molecular weight excluding hydrogens is 264 g/mol. The smallest absolute Gasteiger partial charge is 0.123 e.